The quantitative estimate of drug-likeness (QED) is 0.408. The highest BCUT2D eigenvalue weighted by Gasteiger charge is 2.43. The lowest BCUT2D eigenvalue weighted by Crippen LogP contribution is -2.64. The van der Waals surface area contributed by atoms with Gasteiger partial charge in [0.1, 0.15) is 23.0 Å². The van der Waals surface area contributed by atoms with Crippen molar-refractivity contribution in [1.82, 2.24) is 34.0 Å². The molecular formula is C26H34FN9O. The van der Waals surface area contributed by atoms with Gasteiger partial charge in [-0.3, -0.25) is 4.90 Å². The topological polar surface area (TPSA) is 97.4 Å². The Morgan fingerprint density at radius 2 is 1.97 bits per heavy atom. The SMILES string of the molecule is CNc1nc(N[C@H]2CCN(C3(C)COC3)C[C@H]2F)nn2ccc(-c3ccc4nc(C)n(C(C)C)c4n3)c12. The first-order chi connectivity index (χ1) is 17.8. The number of pyridine rings is 1. The average molecular weight is 508 g/mol. The van der Waals surface area contributed by atoms with Crippen molar-refractivity contribution in [2.45, 2.75) is 57.9 Å². The number of alkyl halides is 1. The van der Waals surface area contributed by atoms with E-state index in [4.69, 9.17) is 14.7 Å². The van der Waals surface area contributed by atoms with Gasteiger partial charge >= 0.3 is 0 Å². The van der Waals surface area contributed by atoms with Crippen molar-refractivity contribution in [3.63, 3.8) is 0 Å². The van der Waals surface area contributed by atoms with E-state index < -0.39 is 6.17 Å². The van der Waals surface area contributed by atoms with Crippen molar-refractivity contribution < 1.29 is 9.13 Å². The van der Waals surface area contributed by atoms with Gasteiger partial charge in [-0.2, -0.15) is 4.98 Å². The number of imidazole rings is 1. The summed E-state index contributed by atoms with van der Waals surface area (Å²) in [5.74, 6) is 1.99. The van der Waals surface area contributed by atoms with Crippen LogP contribution in [0.4, 0.5) is 16.2 Å². The van der Waals surface area contributed by atoms with Crippen LogP contribution in [0.15, 0.2) is 24.4 Å². The summed E-state index contributed by atoms with van der Waals surface area (Å²) in [6.45, 7) is 10.9. The molecule has 0 aliphatic carbocycles. The highest BCUT2D eigenvalue weighted by atomic mass is 19.1. The van der Waals surface area contributed by atoms with E-state index in [1.807, 2.05) is 38.4 Å². The number of halogens is 1. The van der Waals surface area contributed by atoms with Crippen LogP contribution in [-0.2, 0) is 4.74 Å². The third kappa shape index (κ3) is 4.00. The molecule has 0 bridgehead atoms. The van der Waals surface area contributed by atoms with E-state index in [0.717, 1.165) is 40.3 Å². The standard InChI is InChI=1S/C26H34FN9O/c1-15(2)36-16(3)29-21-7-6-19(30-24(21)36)17-8-11-35-22(17)23(28-5)32-25(33-35)31-20-9-10-34(12-18(20)27)26(4)13-37-14-26/h6-8,11,15,18,20H,9-10,12-14H2,1-5H3,(H2,28,31,32,33)/t18-,20+/m1/s1. The average Bonchev–Trinajstić information content (AvgIpc) is 3.43. The van der Waals surface area contributed by atoms with Crippen molar-refractivity contribution in [1.29, 1.82) is 0 Å². The largest absolute Gasteiger partial charge is 0.377 e. The number of rotatable bonds is 6. The van der Waals surface area contributed by atoms with Gasteiger partial charge in [0, 0.05) is 37.9 Å². The van der Waals surface area contributed by atoms with Gasteiger partial charge in [-0.25, -0.2) is 18.9 Å². The zero-order chi connectivity index (χ0) is 25.9. The molecule has 10 nitrogen and oxygen atoms in total. The lowest BCUT2D eigenvalue weighted by atomic mass is 9.92. The molecule has 2 atom stereocenters. The van der Waals surface area contributed by atoms with Gasteiger partial charge in [-0.1, -0.05) is 0 Å². The summed E-state index contributed by atoms with van der Waals surface area (Å²) in [7, 11) is 1.83. The molecule has 6 rings (SSSR count). The molecule has 0 saturated carbocycles. The normalized spacial score (nSPS) is 22.0. The lowest BCUT2D eigenvalue weighted by molar-refractivity contribution is -0.142. The molecule has 2 saturated heterocycles. The molecule has 0 unspecified atom stereocenters. The van der Waals surface area contributed by atoms with E-state index in [9.17, 15) is 0 Å². The molecule has 0 amide bonds. The molecule has 2 N–H and O–H groups in total. The van der Waals surface area contributed by atoms with Crippen molar-refractivity contribution in [3.8, 4) is 11.3 Å². The van der Waals surface area contributed by atoms with Crippen LogP contribution in [-0.4, -0.2) is 85.1 Å². The number of hydrogen-bond donors (Lipinski definition) is 2. The van der Waals surface area contributed by atoms with Crippen molar-refractivity contribution in [3.05, 3.63) is 30.2 Å². The van der Waals surface area contributed by atoms with Crippen LogP contribution in [0.1, 0.15) is 39.1 Å². The number of nitrogens with one attached hydrogen (secondary N) is 2. The number of aromatic nitrogens is 6. The van der Waals surface area contributed by atoms with E-state index in [2.05, 4.69) is 51.0 Å². The molecule has 37 heavy (non-hydrogen) atoms. The number of aryl methyl sites for hydroxylation is 1. The third-order valence-electron chi connectivity index (χ3n) is 7.70. The van der Waals surface area contributed by atoms with Gasteiger partial charge < -0.3 is 19.9 Å². The molecule has 6 heterocycles. The minimum atomic E-state index is -1.02. The number of fused-ring (bicyclic) bond motifs is 2. The fourth-order valence-electron chi connectivity index (χ4n) is 5.63. The minimum absolute atomic E-state index is 0.0474. The smallest absolute Gasteiger partial charge is 0.243 e. The number of likely N-dealkylation sites (tertiary alicyclic amines) is 1. The maximum atomic E-state index is 15.2. The van der Waals surface area contributed by atoms with Gasteiger partial charge in [0.25, 0.3) is 0 Å². The Morgan fingerprint density at radius 3 is 2.65 bits per heavy atom. The number of hydrogen-bond acceptors (Lipinski definition) is 8. The minimum Gasteiger partial charge on any atom is -0.377 e. The summed E-state index contributed by atoms with van der Waals surface area (Å²) >= 11 is 0. The Hall–Kier alpha value is -3.31. The van der Waals surface area contributed by atoms with E-state index >= 15 is 4.39 Å². The second-order valence-corrected chi connectivity index (χ2v) is 10.7. The molecule has 2 aliphatic rings. The van der Waals surface area contributed by atoms with Crippen LogP contribution in [0.2, 0.25) is 0 Å². The predicted octanol–water partition coefficient (Wildman–Crippen LogP) is 3.69. The number of anilines is 2. The van der Waals surface area contributed by atoms with Gasteiger partial charge in [-0.05, 0) is 52.3 Å². The Bertz CT molecular complexity index is 1460. The molecule has 11 heteroatoms. The molecule has 196 valence electrons. The number of nitrogens with zero attached hydrogens (tertiary/aromatic N) is 7. The lowest BCUT2D eigenvalue weighted by Gasteiger charge is -2.50. The van der Waals surface area contributed by atoms with Crippen LogP contribution in [0.25, 0.3) is 27.9 Å². The highest BCUT2D eigenvalue weighted by molar-refractivity contribution is 5.89. The molecule has 0 radical (unpaired) electrons. The zero-order valence-corrected chi connectivity index (χ0v) is 22.0. The Labute approximate surface area is 215 Å². The zero-order valence-electron chi connectivity index (χ0n) is 22.0. The molecule has 2 aliphatic heterocycles. The highest BCUT2D eigenvalue weighted by Crippen LogP contribution is 2.32. The van der Waals surface area contributed by atoms with E-state index in [-0.39, 0.29) is 17.6 Å². The predicted molar refractivity (Wildman–Crippen MR) is 142 cm³/mol. The van der Waals surface area contributed by atoms with E-state index in [1.54, 1.807) is 4.52 Å². The maximum Gasteiger partial charge on any atom is 0.243 e. The second kappa shape index (κ2) is 8.91. The number of ether oxygens (including phenoxy) is 1. The van der Waals surface area contributed by atoms with E-state index in [1.165, 1.54) is 0 Å². The molecular weight excluding hydrogens is 473 g/mol. The first kappa shape index (κ1) is 24.1. The monoisotopic (exact) mass is 507 g/mol. The van der Waals surface area contributed by atoms with Gasteiger partial charge in [0.2, 0.25) is 5.95 Å². The molecule has 4 aromatic heterocycles. The van der Waals surface area contributed by atoms with Crippen LogP contribution < -0.4 is 10.6 Å². The summed E-state index contributed by atoms with van der Waals surface area (Å²) < 4.78 is 24.5. The van der Waals surface area contributed by atoms with Crippen LogP contribution in [0.5, 0.6) is 0 Å². The summed E-state index contributed by atoms with van der Waals surface area (Å²) in [6, 6.07) is 5.88. The first-order valence-electron chi connectivity index (χ1n) is 12.9. The van der Waals surface area contributed by atoms with Crippen molar-refractivity contribution in [2.75, 3.05) is 44.0 Å². The fraction of sp³-hybridized carbons (Fsp3) is 0.538. The molecule has 4 aromatic rings. The van der Waals surface area contributed by atoms with Crippen molar-refractivity contribution in [2.24, 2.45) is 0 Å². The third-order valence-corrected chi connectivity index (χ3v) is 7.70. The molecule has 2 fully saturated rings. The second-order valence-electron chi connectivity index (χ2n) is 10.7. The fourth-order valence-corrected chi connectivity index (χ4v) is 5.63. The van der Waals surface area contributed by atoms with Crippen LogP contribution >= 0.6 is 0 Å². The molecule has 0 aromatic carbocycles. The summed E-state index contributed by atoms with van der Waals surface area (Å²) in [5, 5.41) is 11.1. The van der Waals surface area contributed by atoms with Gasteiger partial charge in [0.05, 0.1) is 30.5 Å². The first-order valence-corrected chi connectivity index (χ1v) is 12.9. The summed E-state index contributed by atoms with van der Waals surface area (Å²) in [5.41, 5.74) is 4.24. The maximum absolute atomic E-state index is 15.2. The van der Waals surface area contributed by atoms with Crippen molar-refractivity contribution >= 4 is 28.4 Å². The summed E-state index contributed by atoms with van der Waals surface area (Å²) in [6.07, 6.45) is 1.55. The summed E-state index contributed by atoms with van der Waals surface area (Å²) in [4.78, 5) is 16.6. The van der Waals surface area contributed by atoms with Crippen LogP contribution in [0.3, 0.4) is 0 Å². The molecule has 0 spiro atoms. The van der Waals surface area contributed by atoms with Gasteiger partial charge in [-0.15, -0.1) is 5.10 Å². The Balaban J connectivity index is 1.30. The van der Waals surface area contributed by atoms with Gasteiger partial charge in [0.15, 0.2) is 11.5 Å². The van der Waals surface area contributed by atoms with Crippen LogP contribution in [0, 0.1) is 6.92 Å². The Kier molecular flexibility index (Phi) is 5.79. The Morgan fingerprint density at radius 1 is 1.16 bits per heavy atom. The number of piperidine rings is 1. The van der Waals surface area contributed by atoms with E-state index in [0.29, 0.717) is 37.9 Å².